The zero-order valence-corrected chi connectivity index (χ0v) is 17.9. The summed E-state index contributed by atoms with van der Waals surface area (Å²) in [7, 11) is 0. The maximum Gasteiger partial charge on any atom is 0.224 e. The van der Waals surface area contributed by atoms with Gasteiger partial charge < -0.3 is 5.32 Å². The van der Waals surface area contributed by atoms with Crippen LogP contribution < -0.4 is 5.32 Å². The van der Waals surface area contributed by atoms with E-state index in [1.165, 1.54) is 5.56 Å². The second-order valence-electron chi connectivity index (χ2n) is 6.33. The molecule has 146 valence electrons. The third-order valence-electron chi connectivity index (χ3n) is 3.91. The fraction of sp³-hybridized carbons (Fsp3) is 0.174. The Morgan fingerprint density at radius 3 is 1.96 bits per heavy atom. The zero-order chi connectivity index (χ0) is 20.4. The predicted molar refractivity (Wildman–Crippen MR) is 120 cm³/mol. The van der Waals surface area contributed by atoms with Gasteiger partial charge in [-0.15, -0.1) is 0 Å². The Morgan fingerprint density at radius 2 is 1.39 bits per heavy atom. The lowest BCUT2D eigenvalue weighted by atomic mass is 10.1. The summed E-state index contributed by atoms with van der Waals surface area (Å²) in [6.07, 6.45) is 1.14. The molecule has 0 saturated heterocycles. The summed E-state index contributed by atoms with van der Waals surface area (Å²) in [5.41, 5.74) is 3.31. The second-order valence-corrected chi connectivity index (χ2v) is 7.64. The molecule has 0 aliphatic rings. The Bertz CT molecular complexity index is 856. The standard InChI is InChI=1S/C16H15Cl2NO.C7H7Cl/c17-14-6-4-12(5-7-14)8-9-19-16(20)11-13-2-1-3-15(18)10-13;1-6-2-4-7(8)5-3-6/h1-7,10H,8-9,11H2,(H,19,20);2-5H,1H3. The highest BCUT2D eigenvalue weighted by Crippen LogP contribution is 2.11. The van der Waals surface area contributed by atoms with E-state index in [9.17, 15) is 4.79 Å². The van der Waals surface area contributed by atoms with Gasteiger partial charge in [-0.3, -0.25) is 4.79 Å². The van der Waals surface area contributed by atoms with E-state index in [2.05, 4.69) is 5.32 Å². The normalized spacial score (nSPS) is 10.0. The van der Waals surface area contributed by atoms with Crippen molar-refractivity contribution in [2.45, 2.75) is 19.8 Å². The number of carbonyl (C=O) groups is 1. The van der Waals surface area contributed by atoms with Gasteiger partial charge in [0.2, 0.25) is 5.91 Å². The molecule has 0 fully saturated rings. The first kappa shape index (κ1) is 22.3. The Balaban J connectivity index is 0.000000292. The van der Waals surface area contributed by atoms with E-state index in [-0.39, 0.29) is 5.91 Å². The fourth-order valence-corrected chi connectivity index (χ4v) is 2.89. The summed E-state index contributed by atoms with van der Waals surface area (Å²) in [5.74, 6) is 0.00114. The van der Waals surface area contributed by atoms with E-state index in [4.69, 9.17) is 34.8 Å². The molecule has 0 radical (unpaired) electrons. The highest BCUT2D eigenvalue weighted by molar-refractivity contribution is 6.31. The first-order valence-electron chi connectivity index (χ1n) is 8.90. The molecule has 0 aliphatic carbocycles. The molecule has 0 aliphatic heterocycles. The van der Waals surface area contributed by atoms with Crippen LogP contribution in [0.5, 0.6) is 0 Å². The molecule has 0 heterocycles. The van der Waals surface area contributed by atoms with Gasteiger partial charge in [-0.05, 0) is 60.9 Å². The van der Waals surface area contributed by atoms with Crippen molar-refractivity contribution < 1.29 is 4.79 Å². The number of benzene rings is 3. The van der Waals surface area contributed by atoms with Gasteiger partial charge in [0.05, 0.1) is 6.42 Å². The predicted octanol–water partition coefficient (Wildman–Crippen LogP) is 6.54. The molecule has 1 amide bonds. The summed E-state index contributed by atoms with van der Waals surface area (Å²) in [6.45, 7) is 2.65. The second kappa shape index (κ2) is 11.8. The molecule has 0 aromatic heterocycles. The molecule has 2 nitrogen and oxygen atoms in total. The molecule has 0 unspecified atom stereocenters. The SMILES string of the molecule is Cc1ccc(Cl)cc1.O=C(Cc1cccc(Cl)c1)NCCc1ccc(Cl)cc1. The van der Waals surface area contributed by atoms with Gasteiger partial charge in [-0.2, -0.15) is 0 Å². The van der Waals surface area contributed by atoms with Crippen molar-refractivity contribution in [3.8, 4) is 0 Å². The number of amides is 1. The molecule has 3 aromatic carbocycles. The van der Waals surface area contributed by atoms with Crippen LogP contribution in [0.2, 0.25) is 15.1 Å². The molecule has 0 atom stereocenters. The van der Waals surface area contributed by atoms with Gasteiger partial charge in [-0.25, -0.2) is 0 Å². The van der Waals surface area contributed by atoms with E-state index in [1.54, 1.807) is 12.1 Å². The maximum absolute atomic E-state index is 11.8. The number of halogens is 3. The number of carbonyl (C=O) groups excluding carboxylic acids is 1. The van der Waals surface area contributed by atoms with E-state index >= 15 is 0 Å². The lowest BCUT2D eigenvalue weighted by Gasteiger charge is -2.06. The molecule has 3 aromatic rings. The summed E-state index contributed by atoms with van der Waals surface area (Å²) >= 11 is 17.3. The Hall–Kier alpha value is -2.00. The Kier molecular flexibility index (Phi) is 9.36. The minimum Gasteiger partial charge on any atom is -0.355 e. The van der Waals surface area contributed by atoms with Crippen LogP contribution in [0.3, 0.4) is 0 Å². The van der Waals surface area contributed by atoms with Crippen LogP contribution in [0, 0.1) is 6.92 Å². The third-order valence-corrected chi connectivity index (χ3v) is 4.65. The van der Waals surface area contributed by atoms with Crippen molar-refractivity contribution in [3.63, 3.8) is 0 Å². The van der Waals surface area contributed by atoms with Crippen molar-refractivity contribution >= 4 is 40.7 Å². The number of hydrogen-bond acceptors (Lipinski definition) is 1. The lowest BCUT2D eigenvalue weighted by molar-refractivity contribution is -0.120. The molecule has 5 heteroatoms. The van der Waals surface area contributed by atoms with Crippen LogP contribution >= 0.6 is 34.8 Å². The minimum absolute atomic E-state index is 0.00114. The number of aryl methyl sites for hydroxylation is 1. The maximum atomic E-state index is 11.8. The average Bonchev–Trinajstić information content (AvgIpc) is 2.66. The van der Waals surface area contributed by atoms with Gasteiger partial charge >= 0.3 is 0 Å². The summed E-state index contributed by atoms with van der Waals surface area (Å²) < 4.78 is 0. The zero-order valence-electron chi connectivity index (χ0n) is 15.6. The lowest BCUT2D eigenvalue weighted by Crippen LogP contribution is -2.27. The topological polar surface area (TPSA) is 29.1 Å². The summed E-state index contributed by atoms with van der Waals surface area (Å²) in [4.78, 5) is 11.8. The monoisotopic (exact) mass is 433 g/mol. The molecule has 0 spiro atoms. The van der Waals surface area contributed by atoms with E-state index in [0.29, 0.717) is 18.0 Å². The molecule has 28 heavy (non-hydrogen) atoms. The fourth-order valence-electron chi connectivity index (χ4n) is 2.43. The van der Waals surface area contributed by atoms with Crippen LogP contribution in [-0.2, 0) is 17.6 Å². The van der Waals surface area contributed by atoms with Crippen LogP contribution in [-0.4, -0.2) is 12.5 Å². The van der Waals surface area contributed by atoms with Gasteiger partial charge in [0, 0.05) is 21.6 Å². The van der Waals surface area contributed by atoms with Crippen molar-refractivity contribution in [1.29, 1.82) is 0 Å². The van der Waals surface area contributed by atoms with Crippen LogP contribution in [0.15, 0.2) is 72.8 Å². The van der Waals surface area contributed by atoms with Gasteiger partial charge in [-0.1, -0.05) is 76.8 Å². The largest absolute Gasteiger partial charge is 0.355 e. The van der Waals surface area contributed by atoms with Crippen LogP contribution in [0.1, 0.15) is 16.7 Å². The molecule has 0 bridgehead atoms. The number of hydrogen-bond donors (Lipinski definition) is 1. The summed E-state index contributed by atoms with van der Waals surface area (Å²) in [5, 5.41) is 5.07. The van der Waals surface area contributed by atoms with Gasteiger partial charge in [0.15, 0.2) is 0 Å². The summed E-state index contributed by atoms with van der Waals surface area (Å²) in [6, 6.07) is 22.7. The first-order chi connectivity index (χ1) is 13.4. The quantitative estimate of drug-likeness (QED) is 0.485. The number of rotatable bonds is 5. The Morgan fingerprint density at radius 1 is 0.786 bits per heavy atom. The molecule has 1 N–H and O–H groups in total. The molecule has 3 rings (SSSR count). The van der Waals surface area contributed by atoms with Crippen LogP contribution in [0.4, 0.5) is 0 Å². The van der Waals surface area contributed by atoms with E-state index in [1.807, 2.05) is 67.6 Å². The van der Waals surface area contributed by atoms with Crippen molar-refractivity contribution in [2.75, 3.05) is 6.54 Å². The minimum atomic E-state index is 0.00114. The van der Waals surface area contributed by atoms with Crippen molar-refractivity contribution in [2.24, 2.45) is 0 Å². The average molecular weight is 435 g/mol. The highest BCUT2D eigenvalue weighted by atomic mass is 35.5. The molecular weight excluding hydrogens is 413 g/mol. The Labute approximate surface area is 181 Å². The van der Waals surface area contributed by atoms with Crippen molar-refractivity contribution in [1.82, 2.24) is 5.32 Å². The highest BCUT2D eigenvalue weighted by Gasteiger charge is 2.03. The van der Waals surface area contributed by atoms with E-state index < -0.39 is 0 Å². The third kappa shape index (κ3) is 8.79. The first-order valence-corrected chi connectivity index (χ1v) is 10.0. The molecule has 0 saturated carbocycles. The van der Waals surface area contributed by atoms with Gasteiger partial charge in [0.25, 0.3) is 0 Å². The van der Waals surface area contributed by atoms with Gasteiger partial charge in [0.1, 0.15) is 0 Å². The smallest absolute Gasteiger partial charge is 0.224 e. The number of nitrogens with one attached hydrogen (secondary N) is 1. The van der Waals surface area contributed by atoms with Crippen molar-refractivity contribution in [3.05, 3.63) is 105 Å². The van der Waals surface area contributed by atoms with E-state index in [0.717, 1.165) is 27.6 Å². The van der Waals surface area contributed by atoms with Crippen LogP contribution in [0.25, 0.3) is 0 Å². The molecular formula is C23H22Cl3NO.